The number of phenolic OH excluding ortho intramolecular Hbond substituents is 1. The normalized spacial score (nSPS) is 10.7. The van der Waals surface area contributed by atoms with Gasteiger partial charge in [0.25, 0.3) is 0 Å². The van der Waals surface area contributed by atoms with Gasteiger partial charge in [-0.1, -0.05) is 60.1 Å². The summed E-state index contributed by atoms with van der Waals surface area (Å²) in [7, 11) is 0. The summed E-state index contributed by atoms with van der Waals surface area (Å²) in [6.07, 6.45) is 2.65. The Labute approximate surface area is 147 Å². The van der Waals surface area contributed by atoms with E-state index in [9.17, 15) is 5.11 Å². The van der Waals surface area contributed by atoms with Crippen molar-refractivity contribution < 1.29 is 5.11 Å². The maximum atomic E-state index is 9.79. The van der Waals surface area contributed by atoms with Crippen LogP contribution in [0.2, 0.25) is 5.15 Å². The largest absolute Gasteiger partial charge is 0.508 e. The number of nitrogens with zero attached hydrogens (tertiary/aromatic N) is 1. The Hall–Kier alpha value is -2.36. The SMILES string of the molecule is Oc1ccccc1CNCc1cc(Cc2ccccc2)cnc1Cl. The van der Waals surface area contributed by atoms with E-state index in [0.717, 1.165) is 23.1 Å². The molecule has 0 unspecified atom stereocenters. The molecule has 0 aliphatic heterocycles. The Morgan fingerprint density at radius 3 is 2.38 bits per heavy atom. The highest BCUT2D eigenvalue weighted by Crippen LogP contribution is 2.18. The van der Waals surface area contributed by atoms with E-state index >= 15 is 0 Å². The van der Waals surface area contributed by atoms with Crippen molar-refractivity contribution >= 4 is 11.6 Å². The van der Waals surface area contributed by atoms with Crippen LogP contribution in [0.4, 0.5) is 0 Å². The Bertz CT molecular complexity index is 806. The number of halogens is 1. The van der Waals surface area contributed by atoms with Crippen LogP contribution in [0, 0.1) is 0 Å². The third-order valence-electron chi connectivity index (χ3n) is 3.84. The fraction of sp³-hybridized carbons (Fsp3) is 0.150. The predicted molar refractivity (Wildman–Crippen MR) is 97.1 cm³/mol. The van der Waals surface area contributed by atoms with Crippen molar-refractivity contribution in [3.63, 3.8) is 0 Å². The summed E-state index contributed by atoms with van der Waals surface area (Å²) in [5.41, 5.74) is 4.20. The summed E-state index contributed by atoms with van der Waals surface area (Å²) >= 11 is 6.21. The van der Waals surface area contributed by atoms with Gasteiger partial charge in [-0.05, 0) is 29.7 Å². The first-order chi connectivity index (χ1) is 11.7. The van der Waals surface area contributed by atoms with Crippen LogP contribution in [-0.2, 0) is 19.5 Å². The molecule has 0 bridgehead atoms. The molecule has 2 aromatic carbocycles. The van der Waals surface area contributed by atoms with E-state index in [2.05, 4.69) is 28.5 Å². The first-order valence-electron chi connectivity index (χ1n) is 7.87. The third kappa shape index (κ3) is 4.34. The molecule has 0 spiro atoms. The van der Waals surface area contributed by atoms with Gasteiger partial charge in [0, 0.05) is 30.4 Å². The molecule has 0 aliphatic carbocycles. The van der Waals surface area contributed by atoms with Gasteiger partial charge in [-0.15, -0.1) is 0 Å². The number of nitrogens with one attached hydrogen (secondary N) is 1. The molecule has 1 heterocycles. The summed E-state index contributed by atoms with van der Waals surface area (Å²) in [5.74, 6) is 0.298. The van der Waals surface area contributed by atoms with Gasteiger partial charge in [0.05, 0.1) is 0 Å². The Balaban J connectivity index is 1.65. The second-order valence-electron chi connectivity index (χ2n) is 5.69. The first-order valence-corrected chi connectivity index (χ1v) is 8.25. The van der Waals surface area contributed by atoms with Crippen molar-refractivity contribution in [3.05, 3.63) is 94.3 Å². The number of benzene rings is 2. The van der Waals surface area contributed by atoms with Crippen LogP contribution in [0.3, 0.4) is 0 Å². The molecule has 4 heteroatoms. The van der Waals surface area contributed by atoms with Crippen molar-refractivity contribution in [3.8, 4) is 5.75 Å². The number of hydrogen-bond acceptors (Lipinski definition) is 3. The van der Waals surface area contributed by atoms with E-state index in [1.165, 1.54) is 5.56 Å². The quantitative estimate of drug-likeness (QED) is 0.658. The number of pyridine rings is 1. The van der Waals surface area contributed by atoms with Gasteiger partial charge < -0.3 is 10.4 Å². The average molecular weight is 339 g/mol. The Morgan fingerprint density at radius 2 is 1.58 bits per heavy atom. The zero-order chi connectivity index (χ0) is 16.8. The van der Waals surface area contributed by atoms with E-state index in [0.29, 0.717) is 24.0 Å². The number of hydrogen-bond donors (Lipinski definition) is 2. The molecule has 0 atom stereocenters. The van der Waals surface area contributed by atoms with Crippen molar-refractivity contribution in [2.75, 3.05) is 0 Å². The number of para-hydroxylation sites is 1. The Kier molecular flexibility index (Phi) is 5.47. The van der Waals surface area contributed by atoms with Crippen LogP contribution in [0.1, 0.15) is 22.3 Å². The highest BCUT2D eigenvalue weighted by Gasteiger charge is 2.06. The van der Waals surface area contributed by atoms with Crippen LogP contribution in [0.5, 0.6) is 5.75 Å². The molecule has 0 amide bonds. The molecule has 0 radical (unpaired) electrons. The fourth-order valence-corrected chi connectivity index (χ4v) is 2.76. The molecule has 0 saturated heterocycles. The van der Waals surface area contributed by atoms with Crippen molar-refractivity contribution in [1.29, 1.82) is 0 Å². The van der Waals surface area contributed by atoms with Gasteiger partial charge in [-0.3, -0.25) is 0 Å². The number of aromatic nitrogens is 1. The molecule has 3 nitrogen and oxygen atoms in total. The van der Waals surface area contributed by atoms with E-state index in [1.807, 2.05) is 42.6 Å². The topological polar surface area (TPSA) is 45.1 Å². The maximum Gasteiger partial charge on any atom is 0.133 e. The number of aromatic hydroxyl groups is 1. The molecule has 0 saturated carbocycles. The first kappa shape index (κ1) is 16.5. The predicted octanol–water partition coefficient (Wildman–Crippen LogP) is 4.32. The highest BCUT2D eigenvalue weighted by atomic mass is 35.5. The number of rotatable bonds is 6. The lowest BCUT2D eigenvalue weighted by molar-refractivity contribution is 0.464. The summed E-state index contributed by atoms with van der Waals surface area (Å²) in [5, 5.41) is 13.6. The zero-order valence-corrected chi connectivity index (χ0v) is 14.0. The lowest BCUT2D eigenvalue weighted by Crippen LogP contribution is -2.13. The number of phenols is 1. The summed E-state index contributed by atoms with van der Waals surface area (Å²) in [6, 6.07) is 19.7. The van der Waals surface area contributed by atoms with Crippen LogP contribution < -0.4 is 5.32 Å². The average Bonchev–Trinajstić information content (AvgIpc) is 2.60. The van der Waals surface area contributed by atoms with Gasteiger partial charge in [-0.25, -0.2) is 4.98 Å². The van der Waals surface area contributed by atoms with Gasteiger partial charge in [0.1, 0.15) is 10.9 Å². The van der Waals surface area contributed by atoms with Gasteiger partial charge >= 0.3 is 0 Å². The minimum Gasteiger partial charge on any atom is -0.508 e. The molecule has 1 aromatic heterocycles. The van der Waals surface area contributed by atoms with Crippen molar-refractivity contribution in [2.45, 2.75) is 19.5 Å². The molecule has 2 N–H and O–H groups in total. The standard InChI is InChI=1S/C20H19ClN2O/c21-20-18(14-22-13-17-8-4-5-9-19(17)24)11-16(12-23-20)10-15-6-2-1-3-7-15/h1-9,11-12,22,24H,10,13-14H2. The molecule has 3 aromatic rings. The van der Waals surface area contributed by atoms with E-state index in [1.54, 1.807) is 6.07 Å². The minimum absolute atomic E-state index is 0.298. The monoisotopic (exact) mass is 338 g/mol. The minimum atomic E-state index is 0.298. The molecule has 24 heavy (non-hydrogen) atoms. The van der Waals surface area contributed by atoms with Crippen LogP contribution in [0.15, 0.2) is 66.9 Å². The zero-order valence-electron chi connectivity index (χ0n) is 13.2. The van der Waals surface area contributed by atoms with Crippen LogP contribution in [-0.4, -0.2) is 10.1 Å². The fourth-order valence-electron chi connectivity index (χ4n) is 2.59. The van der Waals surface area contributed by atoms with E-state index < -0.39 is 0 Å². The smallest absolute Gasteiger partial charge is 0.133 e. The summed E-state index contributed by atoms with van der Waals surface area (Å²) < 4.78 is 0. The van der Waals surface area contributed by atoms with Gasteiger partial charge in [-0.2, -0.15) is 0 Å². The van der Waals surface area contributed by atoms with E-state index in [4.69, 9.17) is 11.6 Å². The lowest BCUT2D eigenvalue weighted by atomic mass is 10.1. The van der Waals surface area contributed by atoms with Gasteiger partial charge in [0.15, 0.2) is 0 Å². The second kappa shape index (κ2) is 7.95. The Morgan fingerprint density at radius 1 is 0.875 bits per heavy atom. The van der Waals surface area contributed by atoms with Crippen LogP contribution >= 0.6 is 11.6 Å². The molecular formula is C20H19ClN2O. The highest BCUT2D eigenvalue weighted by molar-refractivity contribution is 6.30. The molecular weight excluding hydrogens is 320 g/mol. The lowest BCUT2D eigenvalue weighted by Gasteiger charge is -2.10. The molecule has 122 valence electrons. The van der Waals surface area contributed by atoms with E-state index in [-0.39, 0.29) is 0 Å². The molecule has 0 fully saturated rings. The summed E-state index contributed by atoms with van der Waals surface area (Å²) in [6.45, 7) is 1.18. The maximum absolute atomic E-state index is 9.79. The second-order valence-corrected chi connectivity index (χ2v) is 6.05. The third-order valence-corrected chi connectivity index (χ3v) is 4.18. The molecule has 0 aliphatic rings. The van der Waals surface area contributed by atoms with Crippen LogP contribution in [0.25, 0.3) is 0 Å². The summed E-state index contributed by atoms with van der Waals surface area (Å²) in [4.78, 5) is 4.29. The van der Waals surface area contributed by atoms with Gasteiger partial charge in [0.2, 0.25) is 0 Å². The van der Waals surface area contributed by atoms with Crippen molar-refractivity contribution in [2.24, 2.45) is 0 Å². The van der Waals surface area contributed by atoms with Crippen molar-refractivity contribution in [1.82, 2.24) is 10.3 Å². The molecule has 3 rings (SSSR count).